The molecule has 0 aliphatic rings. The minimum absolute atomic E-state index is 0.0680. The molecule has 0 bridgehead atoms. The van der Waals surface area contributed by atoms with Gasteiger partial charge in [-0.3, -0.25) is 14.4 Å². The number of rotatable bonds is 50. The molecular formula is C55H104O6. The Bertz CT molecular complexity index is 947. The minimum atomic E-state index is -0.767. The fourth-order valence-corrected chi connectivity index (χ4v) is 8.14. The minimum Gasteiger partial charge on any atom is -0.462 e. The first kappa shape index (κ1) is 59.1. The van der Waals surface area contributed by atoms with E-state index in [9.17, 15) is 14.4 Å². The van der Waals surface area contributed by atoms with E-state index in [0.717, 1.165) is 64.2 Å². The SMILES string of the molecule is CCCCCCC/C=C\CCCCCCCC(=O)O[C@H](COC(=O)CCCCCCCCCCCC)COC(=O)CCCCCCCCCCCCCCCCCCCCC. The van der Waals surface area contributed by atoms with Gasteiger partial charge in [-0.25, -0.2) is 0 Å². The first-order valence-corrected chi connectivity index (χ1v) is 27.2. The van der Waals surface area contributed by atoms with Gasteiger partial charge in [0.2, 0.25) is 0 Å². The molecule has 0 saturated heterocycles. The average molecular weight is 861 g/mol. The van der Waals surface area contributed by atoms with Crippen molar-refractivity contribution >= 4 is 17.9 Å². The van der Waals surface area contributed by atoms with E-state index in [2.05, 4.69) is 32.9 Å². The van der Waals surface area contributed by atoms with Gasteiger partial charge >= 0.3 is 17.9 Å². The van der Waals surface area contributed by atoms with E-state index < -0.39 is 6.10 Å². The van der Waals surface area contributed by atoms with E-state index in [1.54, 1.807) is 0 Å². The third kappa shape index (κ3) is 49.0. The maximum absolute atomic E-state index is 12.8. The number of hydrogen-bond acceptors (Lipinski definition) is 6. The molecule has 6 nitrogen and oxygen atoms in total. The van der Waals surface area contributed by atoms with Crippen LogP contribution in [0.5, 0.6) is 0 Å². The van der Waals surface area contributed by atoms with E-state index in [0.29, 0.717) is 19.3 Å². The Kier molecular flexibility index (Phi) is 49.3. The van der Waals surface area contributed by atoms with Crippen LogP contribution < -0.4 is 0 Å². The van der Waals surface area contributed by atoms with Crippen molar-refractivity contribution in [3.63, 3.8) is 0 Å². The number of allylic oxidation sites excluding steroid dienone is 2. The maximum Gasteiger partial charge on any atom is 0.306 e. The molecule has 0 unspecified atom stereocenters. The zero-order chi connectivity index (χ0) is 44.4. The van der Waals surface area contributed by atoms with E-state index in [1.807, 2.05) is 0 Å². The molecule has 6 heteroatoms. The van der Waals surface area contributed by atoms with Crippen LogP contribution in [0.1, 0.15) is 303 Å². The number of carbonyl (C=O) groups excluding carboxylic acids is 3. The highest BCUT2D eigenvalue weighted by molar-refractivity contribution is 5.71. The first-order chi connectivity index (χ1) is 30.0. The fourth-order valence-electron chi connectivity index (χ4n) is 8.14. The molecule has 0 aromatic rings. The Balaban J connectivity index is 4.25. The molecule has 0 aliphatic carbocycles. The molecule has 0 fully saturated rings. The molecule has 360 valence electrons. The predicted molar refractivity (Wildman–Crippen MR) is 261 cm³/mol. The van der Waals surface area contributed by atoms with Gasteiger partial charge in [-0.05, 0) is 44.9 Å². The van der Waals surface area contributed by atoms with Crippen molar-refractivity contribution in [2.75, 3.05) is 13.2 Å². The summed E-state index contributed by atoms with van der Waals surface area (Å²) >= 11 is 0. The van der Waals surface area contributed by atoms with Gasteiger partial charge in [-0.15, -0.1) is 0 Å². The Morgan fingerprint density at radius 3 is 0.820 bits per heavy atom. The van der Waals surface area contributed by atoms with Crippen LogP contribution in [-0.2, 0) is 28.6 Å². The number of esters is 3. The monoisotopic (exact) mass is 861 g/mol. The summed E-state index contributed by atoms with van der Waals surface area (Å²) in [6.07, 6.45) is 56.3. The number of carbonyl (C=O) groups is 3. The third-order valence-corrected chi connectivity index (χ3v) is 12.3. The molecule has 0 aromatic heterocycles. The Labute approximate surface area is 380 Å². The van der Waals surface area contributed by atoms with Crippen molar-refractivity contribution in [2.45, 2.75) is 309 Å². The third-order valence-electron chi connectivity index (χ3n) is 12.3. The van der Waals surface area contributed by atoms with Crippen LogP contribution in [-0.4, -0.2) is 37.2 Å². The van der Waals surface area contributed by atoms with Crippen LogP contribution >= 0.6 is 0 Å². The van der Waals surface area contributed by atoms with Gasteiger partial charge in [-0.1, -0.05) is 251 Å². The second-order valence-electron chi connectivity index (χ2n) is 18.5. The highest BCUT2D eigenvalue weighted by Crippen LogP contribution is 2.17. The normalized spacial score (nSPS) is 12.0. The van der Waals surface area contributed by atoms with E-state index in [1.165, 1.54) is 199 Å². The van der Waals surface area contributed by atoms with Crippen LogP contribution in [0.25, 0.3) is 0 Å². The first-order valence-electron chi connectivity index (χ1n) is 27.2. The van der Waals surface area contributed by atoms with Crippen LogP contribution in [0.2, 0.25) is 0 Å². The average Bonchev–Trinajstić information content (AvgIpc) is 3.26. The lowest BCUT2D eigenvalue weighted by molar-refractivity contribution is -0.167. The van der Waals surface area contributed by atoms with Crippen molar-refractivity contribution in [1.82, 2.24) is 0 Å². The van der Waals surface area contributed by atoms with Gasteiger partial charge in [-0.2, -0.15) is 0 Å². The van der Waals surface area contributed by atoms with Gasteiger partial charge < -0.3 is 14.2 Å². The summed E-state index contributed by atoms with van der Waals surface area (Å²) in [5.41, 5.74) is 0. The Hall–Kier alpha value is -1.85. The molecule has 61 heavy (non-hydrogen) atoms. The molecular weight excluding hydrogens is 757 g/mol. The van der Waals surface area contributed by atoms with Crippen molar-refractivity contribution < 1.29 is 28.6 Å². The van der Waals surface area contributed by atoms with E-state index in [4.69, 9.17) is 14.2 Å². The predicted octanol–water partition coefficient (Wildman–Crippen LogP) is 17.8. The maximum atomic E-state index is 12.8. The van der Waals surface area contributed by atoms with Crippen LogP contribution in [0.3, 0.4) is 0 Å². The molecule has 0 rings (SSSR count). The Morgan fingerprint density at radius 2 is 0.541 bits per heavy atom. The largest absolute Gasteiger partial charge is 0.462 e. The molecule has 0 amide bonds. The lowest BCUT2D eigenvalue weighted by Crippen LogP contribution is -2.30. The summed E-state index contributed by atoms with van der Waals surface area (Å²) in [7, 11) is 0. The summed E-state index contributed by atoms with van der Waals surface area (Å²) < 4.78 is 16.8. The zero-order valence-corrected chi connectivity index (χ0v) is 41.2. The van der Waals surface area contributed by atoms with Crippen LogP contribution in [0, 0.1) is 0 Å². The molecule has 0 heterocycles. The highest BCUT2D eigenvalue weighted by Gasteiger charge is 2.19. The summed E-state index contributed by atoms with van der Waals surface area (Å²) in [5, 5.41) is 0. The van der Waals surface area contributed by atoms with Crippen molar-refractivity contribution in [2.24, 2.45) is 0 Å². The van der Waals surface area contributed by atoms with E-state index in [-0.39, 0.29) is 31.1 Å². The molecule has 0 aromatic carbocycles. The zero-order valence-electron chi connectivity index (χ0n) is 41.2. The summed E-state index contributed by atoms with van der Waals surface area (Å²) in [5.74, 6) is -0.859. The topological polar surface area (TPSA) is 78.9 Å². The molecule has 1 atom stereocenters. The van der Waals surface area contributed by atoms with Crippen molar-refractivity contribution in [3.8, 4) is 0 Å². The van der Waals surface area contributed by atoms with Gasteiger partial charge in [0, 0.05) is 19.3 Å². The van der Waals surface area contributed by atoms with Gasteiger partial charge in [0.05, 0.1) is 0 Å². The second kappa shape index (κ2) is 50.8. The summed E-state index contributed by atoms with van der Waals surface area (Å²) in [6.45, 7) is 6.65. The number of ether oxygens (including phenoxy) is 3. The van der Waals surface area contributed by atoms with Gasteiger partial charge in [0.1, 0.15) is 13.2 Å². The Morgan fingerprint density at radius 1 is 0.311 bits per heavy atom. The lowest BCUT2D eigenvalue weighted by Gasteiger charge is -2.18. The van der Waals surface area contributed by atoms with Crippen molar-refractivity contribution in [3.05, 3.63) is 12.2 Å². The fraction of sp³-hybridized carbons (Fsp3) is 0.909. The molecule has 0 radical (unpaired) electrons. The molecule has 0 aliphatic heterocycles. The van der Waals surface area contributed by atoms with Crippen LogP contribution in [0.15, 0.2) is 12.2 Å². The molecule has 0 spiro atoms. The quantitative estimate of drug-likeness (QED) is 0.0262. The highest BCUT2D eigenvalue weighted by atomic mass is 16.6. The summed E-state index contributed by atoms with van der Waals surface area (Å²) in [6, 6.07) is 0. The second-order valence-corrected chi connectivity index (χ2v) is 18.5. The lowest BCUT2D eigenvalue weighted by atomic mass is 10.0. The van der Waals surface area contributed by atoms with Gasteiger partial charge in [0.15, 0.2) is 6.10 Å². The molecule has 0 saturated carbocycles. The van der Waals surface area contributed by atoms with Gasteiger partial charge in [0.25, 0.3) is 0 Å². The number of hydrogen-bond donors (Lipinski definition) is 0. The smallest absolute Gasteiger partial charge is 0.306 e. The van der Waals surface area contributed by atoms with Crippen LogP contribution in [0.4, 0.5) is 0 Å². The summed E-state index contributed by atoms with van der Waals surface area (Å²) in [4.78, 5) is 37.9. The standard InChI is InChI=1S/C55H104O6/c1-4-7-10-13-16-19-22-24-26-27-28-29-30-32-33-36-39-42-45-48-54(57)60-51-52(50-59-53(56)47-44-41-38-35-21-18-15-12-9-6-3)61-55(58)49-46-43-40-37-34-31-25-23-20-17-14-11-8-5-2/h23,25,52H,4-22,24,26-51H2,1-3H3/b25-23-/t52-/m1/s1. The molecule has 0 N–H and O–H groups in total. The number of unbranched alkanes of at least 4 members (excludes halogenated alkanes) is 37. The van der Waals surface area contributed by atoms with Crippen molar-refractivity contribution in [1.29, 1.82) is 0 Å². The van der Waals surface area contributed by atoms with E-state index >= 15 is 0 Å².